The SMILES string of the molecule is BrCc1cccc(-c2ccnc3c2ccc2c(-c4ccccc4)ccnc23)c1. The third-order valence-corrected chi connectivity index (χ3v) is 5.75. The first-order valence-corrected chi connectivity index (χ1v) is 10.3. The molecule has 0 bridgehead atoms. The van der Waals surface area contributed by atoms with Crippen molar-refractivity contribution in [3.05, 3.63) is 96.8 Å². The third-order valence-electron chi connectivity index (χ3n) is 5.10. The molecule has 0 N–H and O–H groups in total. The van der Waals surface area contributed by atoms with Crippen molar-refractivity contribution in [1.29, 1.82) is 0 Å². The van der Waals surface area contributed by atoms with Crippen molar-refractivity contribution in [3.8, 4) is 22.3 Å². The van der Waals surface area contributed by atoms with E-state index < -0.39 is 0 Å². The second-order valence-corrected chi connectivity index (χ2v) is 7.34. The first-order chi connectivity index (χ1) is 13.8. The Bertz CT molecular complexity index is 1300. The van der Waals surface area contributed by atoms with Crippen LogP contribution in [0.3, 0.4) is 0 Å². The van der Waals surface area contributed by atoms with Gasteiger partial charge in [-0.1, -0.05) is 82.7 Å². The monoisotopic (exact) mass is 424 g/mol. The van der Waals surface area contributed by atoms with E-state index in [-0.39, 0.29) is 0 Å². The summed E-state index contributed by atoms with van der Waals surface area (Å²) in [5.41, 5.74) is 7.89. The highest BCUT2D eigenvalue weighted by molar-refractivity contribution is 9.08. The van der Waals surface area contributed by atoms with E-state index in [1.165, 1.54) is 27.8 Å². The van der Waals surface area contributed by atoms with Crippen molar-refractivity contribution < 1.29 is 0 Å². The van der Waals surface area contributed by atoms with Crippen LogP contribution in [0.25, 0.3) is 44.1 Å². The van der Waals surface area contributed by atoms with Crippen LogP contribution < -0.4 is 0 Å². The van der Waals surface area contributed by atoms with Crippen LogP contribution >= 0.6 is 15.9 Å². The summed E-state index contributed by atoms with van der Waals surface area (Å²) < 4.78 is 0. The number of benzene rings is 3. The number of fused-ring (bicyclic) bond motifs is 3. The third kappa shape index (κ3) is 2.88. The molecular formula is C25H17BrN2. The van der Waals surface area contributed by atoms with Crippen molar-refractivity contribution in [2.45, 2.75) is 5.33 Å². The molecule has 0 radical (unpaired) electrons. The Morgan fingerprint density at radius 2 is 1.21 bits per heavy atom. The number of rotatable bonds is 3. The maximum atomic E-state index is 4.70. The Kier molecular flexibility index (Phi) is 4.38. The van der Waals surface area contributed by atoms with Gasteiger partial charge in [0.05, 0.1) is 11.0 Å². The van der Waals surface area contributed by atoms with Crippen LogP contribution in [0, 0.1) is 0 Å². The van der Waals surface area contributed by atoms with Gasteiger partial charge in [-0.05, 0) is 39.9 Å². The number of pyridine rings is 2. The molecule has 0 aliphatic rings. The molecule has 28 heavy (non-hydrogen) atoms. The van der Waals surface area contributed by atoms with Gasteiger partial charge in [-0.25, -0.2) is 0 Å². The van der Waals surface area contributed by atoms with Gasteiger partial charge in [0.15, 0.2) is 0 Å². The first-order valence-electron chi connectivity index (χ1n) is 9.22. The minimum absolute atomic E-state index is 0.842. The largest absolute Gasteiger partial charge is 0.254 e. The smallest absolute Gasteiger partial charge is 0.0970 e. The van der Waals surface area contributed by atoms with E-state index in [9.17, 15) is 0 Å². The summed E-state index contributed by atoms with van der Waals surface area (Å²) >= 11 is 3.55. The van der Waals surface area contributed by atoms with Gasteiger partial charge in [-0.15, -0.1) is 0 Å². The van der Waals surface area contributed by atoms with Crippen LogP contribution in [-0.2, 0) is 5.33 Å². The van der Waals surface area contributed by atoms with E-state index in [0.717, 1.165) is 27.1 Å². The summed E-state index contributed by atoms with van der Waals surface area (Å²) in [5.74, 6) is 0. The fraction of sp³-hybridized carbons (Fsp3) is 0.0400. The average Bonchev–Trinajstić information content (AvgIpc) is 2.78. The topological polar surface area (TPSA) is 25.8 Å². The molecule has 3 heteroatoms. The standard InChI is InChI=1S/C25H17BrN2/c26-16-17-5-4-8-19(15-17)21-12-14-28-25-23(21)10-9-22-20(11-13-27-24(22)25)18-6-2-1-3-7-18/h1-15H,16H2. The highest BCUT2D eigenvalue weighted by atomic mass is 79.9. The van der Waals surface area contributed by atoms with Crippen LogP contribution in [0.1, 0.15) is 5.56 Å². The van der Waals surface area contributed by atoms with Crippen LogP contribution in [0.4, 0.5) is 0 Å². The molecule has 0 spiro atoms. The number of hydrogen-bond donors (Lipinski definition) is 0. The number of halogens is 1. The Hall–Kier alpha value is -3.04. The lowest BCUT2D eigenvalue weighted by Crippen LogP contribution is -1.90. The lowest BCUT2D eigenvalue weighted by Gasteiger charge is -2.11. The summed E-state index contributed by atoms with van der Waals surface area (Å²) in [6.07, 6.45) is 3.76. The zero-order chi connectivity index (χ0) is 18.9. The molecule has 0 fully saturated rings. The van der Waals surface area contributed by atoms with Gasteiger partial charge < -0.3 is 0 Å². The highest BCUT2D eigenvalue weighted by Gasteiger charge is 2.12. The summed E-state index contributed by atoms with van der Waals surface area (Å²) in [7, 11) is 0. The fourth-order valence-electron chi connectivity index (χ4n) is 3.77. The van der Waals surface area contributed by atoms with E-state index in [1.807, 2.05) is 18.5 Å². The predicted molar refractivity (Wildman–Crippen MR) is 121 cm³/mol. The normalized spacial score (nSPS) is 11.2. The zero-order valence-corrected chi connectivity index (χ0v) is 16.7. The van der Waals surface area contributed by atoms with Gasteiger partial charge >= 0.3 is 0 Å². The number of nitrogens with zero attached hydrogens (tertiary/aromatic N) is 2. The summed E-state index contributed by atoms with van der Waals surface area (Å²) in [5, 5.41) is 3.09. The van der Waals surface area contributed by atoms with Crippen molar-refractivity contribution in [2.75, 3.05) is 0 Å². The zero-order valence-electron chi connectivity index (χ0n) is 15.1. The van der Waals surface area contributed by atoms with E-state index in [1.54, 1.807) is 0 Å². The second-order valence-electron chi connectivity index (χ2n) is 6.77. The van der Waals surface area contributed by atoms with Crippen LogP contribution in [-0.4, -0.2) is 9.97 Å². The molecule has 2 aromatic heterocycles. The molecule has 0 aliphatic heterocycles. The van der Waals surface area contributed by atoms with Gasteiger partial charge in [-0.3, -0.25) is 9.97 Å². The van der Waals surface area contributed by atoms with Gasteiger partial charge in [0.25, 0.3) is 0 Å². The molecule has 2 heterocycles. The maximum Gasteiger partial charge on any atom is 0.0970 e. The molecule has 134 valence electrons. The van der Waals surface area contributed by atoms with Crippen molar-refractivity contribution in [1.82, 2.24) is 9.97 Å². The predicted octanol–water partition coefficient (Wildman–Crippen LogP) is 7.01. The minimum Gasteiger partial charge on any atom is -0.254 e. The maximum absolute atomic E-state index is 4.70. The van der Waals surface area contributed by atoms with Gasteiger partial charge in [-0.2, -0.15) is 0 Å². The highest BCUT2D eigenvalue weighted by Crippen LogP contribution is 2.35. The second kappa shape index (κ2) is 7.17. The molecular weight excluding hydrogens is 408 g/mol. The lowest BCUT2D eigenvalue weighted by atomic mass is 9.96. The molecule has 0 saturated carbocycles. The molecule has 0 aliphatic carbocycles. The molecule has 5 aromatic rings. The van der Waals surface area contributed by atoms with Crippen molar-refractivity contribution in [2.24, 2.45) is 0 Å². The molecule has 5 rings (SSSR count). The fourth-order valence-corrected chi connectivity index (χ4v) is 4.12. The van der Waals surface area contributed by atoms with Crippen molar-refractivity contribution in [3.63, 3.8) is 0 Å². The van der Waals surface area contributed by atoms with Gasteiger partial charge in [0.1, 0.15) is 0 Å². The minimum atomic E-state index is 0.842. The molecule has 0 atom stereocenters. The van der Waals surface area contributed by atoms with Gasteiger partial charge in [0, 0.05) is 28.5 Å². The summed E-state index contributed by atoms with van der Waals surface area (Å²) in [4.78, 5) is 9.40. The number of hydrogen-bond acceptors (Lipinski definition) is 2. The van der Waals surface area contributed by atoms with E-state index >= 15 is 0 Å². The Morgan fingerprint density at radius 1 is 0.607 bits per heavy atom. The van der Waals surface area contributed by atoms with Crippen LogP contribution in [0.2, 0.25) is 0 Å². The summed E-state index contributed by atoms with van der Waals surface area (Å²) in [6.45, 7) is 0. The molecule has 0 amide bonds. The Balaban J connectivity index is 1.78. The van der Waals surface area contributed by atoms with E-state index in [2.05, 4.69) is 88.7 Å². The average molecular weight is 425 g/mol. The molecule has 3 aromatic carbocycles. The number of aromatic nitrogens is 2. The molecule has 0 unspecified atom stereocenters. The van der Waals surface area contributed by atoms with Gasteiger partial charge in [0.2, 0.25) is 0 Å². The number of alkyl halides is 1. The Labute approximate surface area is 172 Å². The molecule has 0 saturated heterocycles. The van der Waals surface area contributed by atoms with E-state index in [4.69, 9.17) is 9.97 Å². The first kappa shape index (κ1) is 17.1. The van der Waals surface area contributed by atoms with E-state index in [0.29, 0.717) is 0 Å². The molecule has 2 nitrogen and oxygen atoms in total. The van der Waals surface area contributed by atoms with Crippen molar-refractivity contribution >= 4 is 37.7 Å². The summed E-state index contributed by atoms with van der Waals surface area (Å²) in [6, 6.07) is 27.6. The lowest BCUT2D eigenvalue weighted by molar-refractivity contribution is 1.37. The quantitative estimate of drug-likeness (QED) is 0.230. The Morgan fingerprint density at radius 3 is 1.86 bits per heavy atom. The van der Waals surface area contributed by atoms with Crippen LogP contribution in [0.15, 0.2) is 91.3 Å². The van der Waals surface area contributed by atoms with Crippen LogP contribution in [0.5, 0.6) is 0 Å².